The fraction of sp³-hybridized carbons (Fsp3) is 0.400. The van der Waals surface area contributed by atoms with Gasteiger partial charge in [-0.3, -0.25) is 4.79 Å². The Morgan fingerprint density at radius 2 is 1.77 bits per heavy atom. The number of benzene rings is 1. The summed E-state index contributed by atoms with van der Waals surface area (Å²) in [5, 5.41) is 0. The van der Waals surface area contributed by atoms with Crippen molar-refractivity contribution in [2.45, 2.75) is 6.92 Å². The molecule has 2 rings (SSSR count). The summed E-state index contributed by atoms with van der Waals surface area (Å²) in [5.41, 5.74) is 0.944. The Bertz CT molecular complexity index is 692. The number of allylic oxidation sites excluding steroid dienone is 1. The molecule has 0 N–H and O–H groups in total. The van der Waals surface area contributed by atoms with Crippen LogP contribution in [0.5, 0.6) is 0 Å². The molecular formula is C15H19FN2O3S. The minimum Gasteiger partial charge on any atom is -0.337 e. The lowest BCUT2D eigenvalue weighted by Crippen LogP contribution is -2.49. The second-order valence-electron chi connectivity index (χ2n) is 5.29. The molecule has 5 nitrogen and oxygen atoms in total. The molecule has 0 atom stereocenters. The summed E-state index contributed by atoms with van der Waals surface area (Å²) in [7, 11) is -3.22. The minimum absolute atomic E-state index is 0.228. The molecule has 22 heavy (non-hydrogen) atoms. The average molecular weight is 326 g/mol. The number of piperazine rings is 1. The van der Waals surface area contributed by atoms with Crippen LogP contribution >= 0.6 is 0 Å². The fourth-order valence-electron chi connectivity index (χ4n) is 2.38. The molecule has 7 heteroatoms. The van der Waals surface area contributed by atoms with Crippen LogP contribution in [0.4, 0.5) is 4.39 Å². The lowest BCUT2D eigenvalue weighted by atomic mass is 10.1. The monoisotopic (exact) mass is 326 g/mol. The number of halogens is 1. The van der Waals surface area contributed by atoms with Crippen molar-refractivity contribution in [1.82, 2.24) is 9.21 Å². The van der Waals surface area contributed by atoms with Crippen molar-refractivity contribution in [2.75, 3.05) is 32.4 Å². The van der Waals surface area contributed by atoms with Gasteiger partial charge >= 0.3 is 0 Å². The molecule has 0 saturated carbocycles. The zero-order valence-corrected chi connectivity index (χ0v) is 13.4. The van der Waals surface area contributed by atoms with Crippen LogP contribution in [0.2, 0.25) is 0 Å². The van der Waals surface area contributed by atoms with Crippen molar-refractivity contribution >= 4 is 21.5 Å². The smallest absolute Gasteiger partial charge is 0.246 e. The molecule has 0 spiro atoms. The summed E-state index contributed by atoms with van der Waals surface area (Å²) in [4.78, 5) is 13.8. The number of carbonyl (C=O) groups excluding carboxylic acids is 1. The van der Waals surface area contributed by atoms with Crippen LogP contribution in [0.25, 0.3) is 5.57 Å². The molecule has 0 aromatic heterocycles. The van der Waals surface area contributed by atoms with Crippen LogP contribution in [0.3, 0.4) is 0 Å². The average Bonchev–Trinajstić information content (AvgIpc) is 2.46. The first kappa shape index (κ1) is 16.6. The number of sulfonamides is 1. The zero-order valence-electron chi connectivity index (χ0n) is 12.6. The third-order valence-corrected chi connectivity index (χ3v) is 4.96. The lowest BCUT2D eigenvalue weighted by Gasteiger charge is -2.32. The Hall–Kier alpha value is -1.73. The van der Waals surface area contributed by atoms with Gasteiger partial charge in [0.1, 0.15) is 5.82 Å². The van der Waals surface area contributed by atoms with Gasteiger partial charge in [0.25, 0.3) is 0 Å². The summed E-state index contributed by atoms with van der Waals surface area (Å²) in [6.45, 7) is 2.94. The molecule has 1 amide bonds. The number of carbonyl (C=O) groups is 1. The Morgan fingerprint density at radius 3 is 2.32 bits per heavy atom. The Morgan fingerprint density at radius 1 is 1.18 bits per heavy atom. The van der Waals surface area contributed by atoms with Gasteiger partial charge < -0.3 is 4.90 Å². The molecule has 0 bridgehead atoms. The van der Waals surface area contributed by atoms with E-state index in [0.717, 1.165) is 6.26 Å². The van der Waals surface area contributed by atoms with Crippen molar-refractivity contribution in [3.8, 4) is 0 Å². The van der Waals surface area contributed by atoms with Crippen molar-refractivity contribution < 1.29 is 17.6 Å². The van der Waals surface area contributed by atoms with Crippen molar-refractivity contribution in [3.63, 3.8) is 0 Å². The summed E-state index contributed by atoms with van der Waals surface area (Å²) in [6, 6.07) is 6.28. The predicted octanol–water partition coefficient (Wildman–Crippen LogP) is 1.33. The SMILES string of the molecule is C/C(=C\C(=O)N1CCN(S(C)(=O)=O)CC1)c1ccccc1F. The molecule has 120 valence electrons. The summed E-state index contributed by atoms with van der Waals surface area (Å²) >= 11 is 0. The van der Waals surface area contributed by atoms with Crippen LogP contribution in [0, 0.1) is 5.82 Å². The first-order chi connectivity index (χ1) is 10.3. The second kappa shape index (κ2) is 6.58. The molecule has 1 saturated heterocycles. The highest BCUT2D eigenvalue weighted by molar-refractivity contribution is 7.88. The maximum atomic E-state index is 13.7. The maximum Gasteiger partial charge on any atom is 0.246 e. The largest absolute Gasteiger partial charge is 0.337 e. The molecule has 1 aliphatic heterocycles. The number of amides is 1. The summed E-state index contributed by atoms with van der Waals surface area (Å²) < 4.78 is 37.9. The van der Waals surface area contributed by atoms with Gasteiger partial charge in [0.05, 0.1) is 6.26 Å². The lowest BCUT2D eigenvalue weighted by molar-refractivity contribution is -0.127. The van der Waals surface area contributed by atoms with E-state index in [1.165, 1.54) is 16.4 Å². The van der Waals surface area contributed by atoms with Crippen LogP contribution in [0.1, 0.15) is 12.5 Å². The van der Waals surface area contributed by atoms with E-state index in [0.29, 0.717) is 24.2 Å². The summed E-state index contributed by atoms with van der Waals surface area (Å²) in [5.74, 6) is -0.597. The number of hydrogen-bond donors (Lipinski definition) is 0. The van der Waals surface area contributed by atoms with E-state index in [1.54, 1.807) is 30.0 Å². The third kappa shape index (κ3) is 3.92. The highest BCUT2D eigenvalue weighted by Crippen LogP contribution is 2.18. The van der Waals surface area contributed by atoms with Gasteiger partial charge in [-0.05, 0) is 18.6 Å². The van der Waals surface area contributed by atoms with E-state index in [4.69, 9.17) is 0 Å². The van der Waals surface area contributed by atoms with Gasteiger partial charge in [-0.1, -0.05) is 18.2 Å². The molecule has 1 fully saturated rings. The quantitative estimate of drug-likeness (QED) is 0.788. The first-order valence-electron chi connectivity index (χ1n) is 6.96. The molecular weight excluding hydrogens is 307 g/mol. The van der Waals surface area contributed by atoms with E-state index < -0.39 is 10.0 Å². The standard InChI is InChI=1S/C15H19FN2O3S/c1-12(13-5-3-4-6-14(13)16)11-15(19)17-7-9-18(10-8-17)22(2,20)21/h3-6,11H,7-10H2,1-2H3/b12-11+. The van der Waals surface area contributed by atoms with Gasteiger partial charge in [-0.25, -0.2) is 12.8 Å². The van der Waals surface area contributed by atoms with Crippen LogP contribution in [0.15, 0.2) is 30.3 Å². The molecule has 1 aliphatic rings. The number of nitrogens with zero attached hydrogens (tertiary/aromatic N) is 2. The number of hydrogen-bond acceptors (Lipinski definition) is 3. The minimum atomic E-state index is -3.22. The van der Waals surface area contributed by atoms with Crippen molar-refractivity contribution in [3.05, 3.63) is 41.7 Å². The first-order valence-corrected chi connectivity index (χ1v) is 8.81. The highest BCUT2D eigenvalue weighted by atomic mass is 32.2. The Balaban J connectivity index is 2.05. The van der Waals surface area contributed by atoms with Gasteiger partial charge in [-0.2, -0.15) is 4.31 Å². The summed E-state index contributed by atoms with van der Waals surface area (Å²) in [6.07, 6.45) is 2.56. The van der Waals surface area contributed by atoms with Crippen LogP contribution < -0.4 is 0 Å². The normalized spacial score (nSPS) is 17.6. The van der Waals surface area contributed by atoms with Gasteiger partial charge in [0.2, 0.25) is 15.9 Å². The van der Waals surface area contributed by atoms with Crippen molar-refractivity contribution in [1.29, 1.82) is 0 Å². The van der Waals surface area contributed by atoms with Gasteiger partial charge in [0.15, 0.2) is 0 Å². The Kier molecular flexibility index (Phi) is 4.97. The van der Waals surface area contributed by atoms with Gasteiger partial charge in [0, 0.05) is 37.8 Å². The van der Waals surface area contributed by atoms with Crippen LogP contribution in [-0.4, -0.2) is 56.0 Å². The second-order valence-corrected chi connectivity index (χ2v) is 7.28. The van der Waals surface area contributed by atoms with Gasteiger partial charge in [-0.15, -0.1) is 0 Å². The van der Waals surface area contributed by atoms with Crippen LogP contribution in [-0.2, 0) is 14.8 Å². The molecule has 1 aromatic rings. The van der Waals surface area contributed by atoms with E-state index >= 15 is 0 Å². The molecule has 1 heterocycles. The fourth-order valence-corrected chi connectivity index (χ4v) is 3.20. The number of rotatable bonds is 3. The van der Waals surface area contributed by atoms with E-state index in [2.05, 4.69) is 0 Å². The topological polar surface area (TPSA) is 57.7 Å². The Labute approximate surface area is 130 Å². The molecule has 0 unspecified atom stereocenters. The molecule has 0 radical (unpaired) electrons. The predicted molar refractivity (Wildman–Crippen MR) is 83.0 cm³/mol. The third-order valence-electron chi connectivity index (χ3n) is 3.66. The zero-order chi connectivity index (χ0) is 16.3. The van der Waals surface area contributed by atoms with E-state index in [9.17, 15) is 17.6 Å². The molecule has 0 aliphatic carbocycles. The molecule has 1 aromatic carbocycles. The van der Waals surface area contributed by atoms with E-state index in [1.807, 2.05) is 0 Å². The van der Waals surface area contributed by atoms with Crippen molar-refractivity contribution in [2.24, 2.45) is 0 Å². The highest BCUT2D eigenvalue weighted by Gasteiger charge is 2.25. The maximum absolute atomic E-state index is 13.7. The van der Waals surface area contributed by atoms with E-state index in [-0.39, 0.29) is 24.8 Å².